The van der Waals surface area contributed by atoms with E-state index in [1.807, 2.05) is 12.1 Å². The third kappa shape index (κ3) is 7.28. The first-order chi connectivity index (χ1) is 10.5. The average Bonchev–Trinajstić information content (AvgIpc) is 2.93. The molecule has 0 saturated heterocycles. The molecule has 1 heterocycles. The number of nitrogens with two attached hydrogens (primary N) is 1. The SMILES string of the molecule is N=C(N)Nc1ccc(OCCn2ccnn2)cc1.O=[N+]([O-])O. The van der Waals surface area contributed by atoms with Crippen LogP contribution in [-0.4, -0.2) is 37.9 Å². The first-order valence-electron chi connectivity index (χ1n) is 5.98. The molecule has 2 rings (SSSR count). The van der Waals surface area contributed by atoms with Crippen molar-refractivity contribution in [2.75, 3.05) is 11.9 Å². The lowest BCUT2D eigenvalue weighted by atomic mass is 10.3. The Morgan fingerprint density at radius 1 is 1.50 bits per heavy atom. The van der Waals surface area contributed by atoms with Crippen molar-refractivity contribution in [2.24, 2.45) is 5.73 Å². The molecule has 0 fully saturated rings. The number of nitrogens with zero attached hydrogens (tertiary/aromatic N) is 4. The lowest BCUT2D eigenvalue weighted by Gasteiger charge is -2.07. The van der Waals surface area contributed by atoms with Gasteiger partial charge in [0, 0.05) is 11.9 Å². The van der Waals surface area contributed by atoms with Gasteiger partial charge in [-0.15, -0.1) is 15.2 Å². The normalized spacial score (nSPS) is 9.27. The van der Waals surface area contributed by atoms with E-state index in [0.717, 1.165) is 11.4 Å². The minimum atomic E-state index is -1.50. The monoisotopic (exact) mass is 309 g/mol. The molecule has 1 aromatic carbocycles. The Kier molecular flexibility index (Phi) is 6.62. The van der Waals surface area contributed by atoms with Crippen LogP contribution in [0.3, 0.4) is 0 Å². The van der Waals surface area contributed by atoms with Crippen LogP contribution < -0.4 is 15.8 Å². The highest BCUT2D eigenvalue weighted by molar-refractivity contribution is 5.89. The van der Waals surface area contributed by atoms with Crippen molar-refractivity contribution in [3.63, 3.8) is 0 Å². The van der Waals surface area contributed by atoms with E-state index in [1.54, 1.807) is 29.2 Å². The first-order valence-corrected chi connectivity index (χ1v) is 5.98. The van der Waals surface area contributed by atoms with E-state index in [1.165, 1.54) is 0 Å². The number of hydrogen-bond acceptors (Lipinski definition) is 6. The van der Waals surface area contributed by atoms with E-state index in [9.17, 15) is 0 Å². The minimum absolute atomic E-state index is 0.0881. The Morgan fingerprint density at radius 2 is 2.14 bits per heavy atom. The predicted molar refractivity (Wildman–Crippen MR) is 76.3 cm³/mol. The summed E-state index contributed by atoms with van der Waals surface area (Å²) in [6.45, 7) is 1.16. The number of aromatic nitrogens is 3. The van der Waals surface area contributed by atoms with Crippen molar-refractivity contribution in [2.45, 2.75) is 6.54 Å². The summed E-state index contributed by atoms with van der Waals surface area (Å²) in [5, 5.41) is 31.0. The maximum absolute atomic E-state index is 8.36. The molecule has 0 atom stereocenters. The van der Waals surface area contributed by atoms with Crippen LogP contribution >= 0.6 is 0 Å². The Bertz CT molecular complexity index is 581. The van der Waals surface area contributed by atoms with Gasteiger partial charge in [0.2, 0.25) is 0 Å². The number of anilines is 1. The van der Waals surface area contributed by atoms with Crippen LogP contribution in [0.4, 0.5) is 5.69 Å². The van der Waals surface area contributed by atoms with Crippen molar-refractivity contribution < 1.29 is 15.0 Å². The number of guanidine groups is 1. The highest BCUT2D eigenvalue weighted by Gasteiger charge is 1.97. The van der Waals surface area contributed by atoms with Gasteiger partial charge in [-0.3, -0.25) is 5.41 Å². The van der Waals surface area contributed by atoms with Gasteiger partial charge in [-0.1, -0.05) is 5.21 Å². The summed E-state index contributed by atoms with van der Waals surface area (Å²) >= 11 is 0. The Labute approximate surface area is 124 Å². The van der Waals surface area contributed by atoms with Crippen LogP contribution in [0.25, 0.3) is 0 Å². The van der Waals surface area contributed by atoms with Gasteiger partial charge >= 0.3 is 0 Å². The molecule has 0 bridgehead atoms. The smallest absolute Gasteiger partial charge is 0.291 e. The number of nitrogens with one attached hydrogen (secondary N) is 2. The molecule has 11 heteroatoms. The molecule has 0 radical (unpaired) electrons. The second kappa shape index (κ2) is 8.73. The van der Waals surface area contributed by atoms with Crippen molar-refractivity contribution in [3.8, 4) is 5.75 Å². The van der Waals surface area contributed by atoms with Gasteiger partial charge < -0.3 is 21.0 Å². The molecule has 2 aromatic rings. The molecule has 118 valence electrons. The molecule has 1 aromatic heterocycles. The van der Waals surface area contributed by atoms with E-state index in [4.69, 9.17) is 31.2 Å². The van der Waals surface area contributed by atoms with Gasteiger partial charge in [0.1, 0.15) is 12.4 Å². The van der Waals surface area contributed by atoms with Gasteiger partial charge in [0.25, 0.3) is 5.09 Å². The van der Waals surface area contributed by atoms with Crippen LogP contribution in [0.1, 0.15) is 0 Å². The zero-order valence-electron chi connectivity index (χ0n) is 11.4. The number of hydrogen-bond donors (Lipinski definition) is 4. The fourth-order valence-corrected chi connectivity index (χ4v) is 1.40. The van der Waals surface area contributed by atoms with Crippen molar-refractivity contribution in [1.29, 1.82) is 5.41 Å². The van der Waals surface area contributed by atoms with Gasteiger partial charge in [-0.25, -0.2) is 4.68 Å². The highest BCUT2D eigenvalue weighted by Crippen LogP contribution is 2.15. The summed E-state index contributed by atoms with van der Waals surface area (Å²) in [6, 6.07) is 7.22. The fourth-order valence-electron chi connectivity index (χ4n) is 1.40. The van der Waals surface area contributed by atoms with E-state index in [-0.39, 0.29) is 5.96 Å². The summed E-state index contributed by atoms with van der Waals surface area (Å²) < 4.78 is 7.24. The molecule has 0 aliphatic rings. The predicted octanol–water partition coefficient (Wildman–Crippen LogP) is 0.315. The van der Waals surface area contributed by atoms with Crippen molar-refractivity contribution in [3.05, 3.63) is 46.8 Å². The quantitative estimate of drug-likeness (QED) is 0.265. The second-order valence-corrected chi connectivity index (χ2v) is 3.82. The lowest BCUT2D eigenvalue weighted by Crippen LogP contribution is -2.20. The number of benzene rings is 1. The molecule has 0 aliphatic carbocycles. The van der Waals surface area contributed by atoms with Gasteiger partial charge in [0.15, 0.2) is 5.96 Å². The summed E-state index contributed by atoms with van der Waals surface area (Å²) in [6.07, 6.45) is 3.41. The van der Waals surface area contributed by atoms with E-state index < -0.39 is 5.09 Å². The summed E-state index contributed by atoms with van der Waals surface area (Å²) in [4.78, 5) is 8.36. The van der Waals surface area contributed by atoms with E-state index in [2.05, 4.69) is 15.6 Å². The molecule has 0 unspecified atom stereocenters. The molecule has 5 N–H and O–H groups in total. The van der Waals surface area contributed by atoms with Gasteiger partial charge in [-0.2, -0.15) is 0 Å². The summed E-state index contributed by atoms with van der Waals surface area (Å²) in [5.74, 6) is 0.666. The summed E-state index contributed by atoms with van der Waals surface area (Å²) in [7, 11) is 0. The molecule has 22 heavy (non-hydrogen) atoms. The van der Waals surface area contributed by atoms with Crippen LogP contribution in [0, 0.1) is 15.5 Å². The topological polar surface area (TPSA) is 165 Å². The Balaban J connectivity index is 0.000000541. The van der Waals surface area contributed by atoms with Crippen molar-refractivity contribution in [1.82, 2.24) is 15.0 Å². The highest BCUT2D eigenvalue weighted by atomic mass is 16.9. The largest absolute Gasteiger partial charge is 0.492 e. The van der Waals surface area contributed by atoms with Crippen LogP contribution in [0.15, 0.2) is 36.7 Å². The second-order valence-electron chi connectivity index (χ2n) is 3.82. The van der Waals surface area contributed by atoms with E-state index >= 15 is 0 Å². The third-order valence-electron chi connectivity index (χ3n) is 2.19. The molecular formula is C11H15N7O4. The fraction of sp³-hybridized carbons (Fsp3) is 0.182. The zero-order valence-corrected chi connectivity index (χ0v) is 11.4. The molecule has 0 spiro atoms. The molecule has 0 saturated carbocycles. The lowest BCUT2D eigenvalue weighted by molar-refractivity contribution is -0.742. The third-order valence-corrected chi connectivity index (χ3v) is 2.19. The molecule has 0 amide bonds. The molecular weight excluding hydrogens is 294 g/mol. The Hall–Kier alpha value is -3.37. The van der Waals surface area contributed by atoms with Gasteiger partial charge in [0.05, 0.1) is 12.7 Å². The zero-order chi connectivity index (χ0) is 16.4. The van der Waals surface area contributed by atoms with Crippen LogP contribution in [0.2, 0.25) is 0 Å². The maximum Gasteiger partial charge on any atom is 0.291 e. The minimum Gasteiger partial charge on any atom is -0.492 e. The van der Waals surface area contributed by atoms with Crippen LogP contribution in [-0.2, 0) is 6.54 Å². The maximum atomic E-state index is 8.36. The van der Waals surface area contributed by atoms with Crippen LogP contribution in [0.5, 0.6) is 5.75 Å². The number of rotatable bonds is 5. The first kappa shape index (κ1) is 16.7. The number of ether oxygens (including phenoxy) is 1. The summed E-state index contributed by atoms with van der Waals surface area (Å²) in [5.41, 5.74) is 5.98. The average molecular weight is 309 g/mol. The van der Waals surface area contributed by atoms with E-state index in [0.29, 0.717) is 13.2 Å². The van der Waals surface area contributed by atoms with Gasteiger partial charge in [-0.05, 0) is 24.3 Å². The molecule has 0 aliphatic heterocycles. The Morgan fingerprint density at radius 3 is 2.64 bits per heavy atom. The van der Waals surface area contributed by atoms with Crippen molar-refractivity contribution >= 4 is 11.6 Å². The standard InChI is InChI=1S/C11H14N6O.HNO3/c12-11(13)15-9-1-3-10(4-2-9)18-8-7-17-6-5-14-16-17;2-1(3)4/h1-6H,7-8H2,(H4,12,13,15);(H,2,3,4). The molecule has 11 nitrogen and oxygen atoms in total.